The molecule has 0 spiro atoms. The monoisotopic (exact) mass is 275 g/mol. The average Bonchev–Trinajstić information content (AvgIpc) is 2.50. The number of nitrogens with zero attached hydrogens (tertiary/aromatic N) is 1. The zero-order chi connectivity index (χ0) is 14.4. The van der Waals surface area contributed by atoms with E-state index in [0.717, 1.165) is 25.9 Å². The quantitative estimate of drug-likeness (QED) is 0.847. The molecule has 0 radical (unpaired) electrons. The lowest BCUT2D eigenvalue weighted by Gasteiger charge is -2.31. The van der Waals surface area contributed by atoms with E-state index in [1.54, 1.807) is 7.05 Å². The minimum absolute atomic E-state index is 0.0182. The Kier molecular flexibility index (Phi) is 5.12. The Morgan fingerprint density at radius 1 is 1.20 bits per heavy atom. The summed E-state index contributed by atoms with van der Waals surface area (Å²) in [6, 6.07) is 9.45. The van der Waals surface area contributed by atoms with Gasteiger partial charge in [0.25, 0.3) is 5.91 Å². The highest BCUT2D eigenvalue weighted by atomic mass is 16.2. The van der Waals surface area contributed by atoms with E-state index in [0.29, 0.717) is 12.1 Å². The number of rotatable bonds is 4. The lowest BCUT2D eigenvalue weighted by molar-refractivity contribution is -0.122. The molecule has 5 nitrogen and oxygen atoms in total. The van der Waals surface area contributed by atoms with Crippen molar-refractivity contribution >= 4 is 11.8 Å². The van der Waals surface area contributed by atoms with Crippen LogP contribution in [0.4, 0.5) is 0 Å². The van der Waals surface area contributed by atoms with E-state index >= 15 is 0 Å². The van der Waals surface area contributed by atoms with Gasteiger partial charge in [-0.25, -0.2) is 0 Å². The van der Waals surface area contributed by atoms with Gasteiger partial charge in [0.2, 0.25) is 5.91 Å². The number of piperidine rings is 1. The number of likely N-dealkylation sites (N-methyl/N-ethyl adjacent to an activating group) is 1. The molecule has 5 heteroatoms. The number of benzene rings is 1. The minimum atomic E-state index is -0.0182. The summed E-state index contributed by atoms with van der Waals surface area (Å²) >= 11 is 0. The summed E-state index contributed by atoms with van der Waals surface area (Å²) in [4.78, 5) is 25.4. The molecule has 1 fully saturated rings. The molecule has 1 aliphatic rings. The van der Waals surface area contributed by atoms with E-state index in [1.807, 2.05) is 30.3 Å². The number of carbonyl (C=O) groups is 2. The third kappa shape index (κ3) is 4.06. The van der Waals surface area contributed by atoms with E-state index in [-0.39, 0.29) is 17.9 Å². The maximum atomic E-state index is 12.0. The van der Waals surface area contributed by atoms with E-state index in [1.165, 1.54) is 0 Å². The van der Waals surface area contributed by atoms with Crippen LogP contribution in [0, 0.1) is 0 Å². The van der Waals surface area contributed by atoms with Gasteiger partial charge in [-0.05, 0) is 25.0 Å². The second kappa shape index (κ2) is 7.05. The molecule has 2 rings (SSSR count). The number of amides is 2. The van der Waals surface area contributed by atoms with Gasteiger partial charge in [-0.2, -0.15) is 0 Å². The Bertz CT molecular complexity index is 453. The van der Waals surface area contributed by atoms with Crippen LogP contribution in [-0.2, 0) is 4.79 Å². The van der Waals surface area contributed by atoms with Crippen LogP contribution in [0.1, 0.15) is 23.2 Å². The molecule has 2 amide bonds. The molecule has 20 heavy (non-hydrogen) atoms. The van der Waals surface area contributed by atoms with Crippen molar-refractivity contribution in [1.29, 1.82) is 0 Å². The molecule has 0 saturated carbocycles. The number of hydrogen-bond acceptors (Lipinski definition) is 3. The van der Waals surface area contributed by atoms with E-state index in [9.17, 15) is 9.59 Å². The van der Waals surface area contributed by atoms with Crippen LogP contribution in [0.2, 0.25) is 0 Å². The van der Waals surface area contributed by atoms with Gasteiger partial charge in [-0.15, -0.1) is 0 Å². The predicted molar refractivity (Wildman–Crippen MR) is 77.4 cm³/mol. The maximum Gasteiger partial charge on any atom is 0.251 e. The third-order valence-corrected chi connectivity index (χ3v) is 3.60. The first-order valence-electron chi connectivity index (χ1n) is 6.98. The van der Waals surface area contributed by atoms with E-state index in [2.05, 4.69) is 15.5 Å². The zero-order valence-corrected chi connectivity index (χ0v) is 11.8. The molecule has 0 atom stereocenters. The van der Waals surface area contributed by atoms with Gasteiger partial charge in [0.05, 0.1) is 6.54 Å². The molecule has 0 unspecified atom stereocenters. The summed E-state index contributed by atoms with van der Waals surface area (Å²) in [6.07, 6.45) is 1.77. The number of hydrogen-bond donors (Lipinski definition) is 2. The Morgan fingerprint density at radius 2 is 1.85 bits per heavy atom. The van der Waals surface area contributed by atoms with Gasteiger partial charge in [0.1, 0.15) is 0 Å². The van der Waals surface area contributed by atoms with Crippen molar-refractivity contribution in [2.75, 3.05) is 26.7 Å². The van der Waals surface area contributed by atoms with Gasteiger partial charge in [0, 0.05) is 31.7 Å². The molecule has 1 heterocycles. The largest absolute Gasteiger partial charge is 0.358 e. The molecule has 1 aliphatic heterocycles. The van der Waals surface area contributed by atoms with Crippen LogP contribution in [0.25, 0.3) is 0 Å². The fourth-order valence-electron chi connectivity index (χ4n) is 2.38. The fraction of sp³-hybridized carbons (Fsp3) is 0.467. The molecule has 1 aromatic rings. The highest BCUT2D eigenvalue weighted by molar-refractivity contribution is 5.94. The standard InChI is InChI=1S/C15H21N3O2/c1-16-14(19)11-18-9-7-13(8-10-18)17-15(20)12-5-3-2-4-6-12/h2-6,13H,7-11H2,1H3,(H,16,19)(H,17,20). The lowest BCUT2D eigenvalue weighted by atomic mass is 10.0. The van der Waals surface area contributed by atoms with Crippen molar-refractivity contribution in [2.24, 2.45) is 0 Å². The first-order valence-corrected chi connectivity index (χ1v) is 6.98. The fourth-order valence-corrected chi connectivity index (χ4v) is 2.38. The topological polar surface area (TPSA) is 61.4 Å². The summed E-state index contributed by atoms with van der Waals surface area (Å²) in [7, 11) is 1.65. The SMILES string of the molecule is CNC(=O)CN1CCC(NC(=O)c2ccccc2)CC1. The maximum absolute atomic E-state index is 12.0. The Labute approximate surface area is 119 Å². The highest BCUT2D eigenvalue weighted by Crippen LogP contribution is 2.11. The van der Waals surface area contributed by atoms with Gasteiger partial charge in [-0.1, -0.05) is 18.2 Å². The van der Waals surface area contributed by atoms with E-state index < -0.39 is 0 Å². The predicted octanol–water partition coefficient (Wildman–Crippen LogP) is 0.627. The second-order valence-electron chi connectivity index (χ2n) is 5.06. The Balaban J connectivity index is 1.77. The van der Waals surface area contributed by atoms with Gasteiger partial charge >= 0.3 is 0 Å². The third-order valence-electron chi connectivity index (χ3n) is 3.60. The van der Waals surface area contributed by atoms with Crippen molar-refractivity contribution in [2.45, 2.75) is 18.9 Å². The summed E-state index contributed by atoms with van der Waals surface area (Å²) in [5.41, 5.74) is 0.695. The van der Waals surface area contributed by atoms with Crippen LogP contribution < -0.4 is 10.6 Å². The van der Waals surface area contributed by atoms with Crippen LogP contribution in [0.3, 0.4) is 0 Å². The van der Waals surface area contributed by atoms with Crippen molar-refractivity contribution in [3.8, 4) is 0 Å². The molecule has 0 aliphatic carbocycles. The molecule has 108 valence electrons. The average molecular weight is 275 g/mol. The van der Waals surface area contributed by atoms with Gasteiger partial charge in [0.15, 0.2) is 0 Å². The Hall–Kier alpha value is -1.88. The van der Waals surface area contributed by atoms with Crippen molar-refractivity contribution < 1.29 is 9.59 Å². The zero-order valence-electron chi connectivity index (χ0n) is 11.8. The van der Waals surface area contributed by atoms with E-state index in [4.69, 9.17) is 0 Å². The molecule has 0 aromatic heterocycles. The highest BCUT2D eigenvalue weighted by Gasteiger charge is 2.22. The molecule has 2 N–H and O–H groups in total. The van der Waals surface area contributed by atoms with Crippen LogP contribution in [0.5, 0.6) is 0 Å². The summed E-state index contributed by atoms with van der Waals surface area (Å²) in [6.45, 7) is 2.12. The number of likely N-dealkylation sites (tertiary alicyclic amines) is 1. The molecular formula is C15H21N3O2. The van der Waals surface area contributed by atoms with Crippen LogP contribution >= 0.6 is 0 Å². The molecule has 0 bridgehead atoms. The first-order chi connectivity index (χ1) is 9.69. The molecular weight excluding hydrogens is 254 g/mol. The van der Waals surface area contributed by atoms with Crippen LogP contribution in [-0.4, -0.2) is 49.4 Å². The number of nitrogens with one attached hydrogen (secondary N) is 2. The van der Waals surface area contributed by atoms with Gasteiger partial charge < -0.3 is 10.6 Å². The smallest absolute Gasteiger partial charge is 0.251 e. The normalized spacial score (nSPS) is 16.6. The van der Waals surface area contributed by atoms with Crippen molar-refractivity contribution in [1.82, 2.24) is 15.5 Å². The van der Waals surface area contributed by atoms with Crippen molar-refractivity contribution in [3.05, 3.63) is 35.9 Å². The van der Waals surface area contributed by atoms with Crippen LogP contribution in [0.15, 0.2) is 30.3 Å². The Morgan fingerprint density at radius 3 is 2.45 bits per heavy atom. The van der Waals surface area contributed by atoms with Crippen molar-refractivity contribution in [3.63, 3.8) is 0 Å². The summed E-state index contributed by atoms with van der Waals surface area (Å²) < 4.78 is 0. The first kappa shape index (κ1) is 14.5. The van der Waals surface area contributed by atoms with Gasteiger partial charge in [-0.3, -0.25) is 14.5 Å². The molecule has 1 saturated heterocycles. The summed E-state index contributed by atoms with van der Waals surface area (Å²) in [5.74, 6) is 0.0205. The second-order valence-corrected chi connectivity index (χ2v) is 5.06. The minimum Gasteiger partial charge on any atom is -0.358 e. The number of carbonyl (C=O) groups excluding carboxylic acids is 2. The summed E-state index contributed by atoms with van der Waals surface area (Å²) in [5, 5.41) is 5.68. The lowest BCUT2D eigenvalue weighted by Crippen LogP contribution is -2.47. The molecule has 1 aromatic carbocycles.